The molecule has 3 N–H and O–H groups in total. The minimum absolute atomic E-state index is 0.0741. The molecule has 0 spiro atoms. The summed E-state index contributed by atoms with van der Waals surface area (Å²) in [6.45, 7) is 0. The Balaban J connectivity index is 2.27. The van der Waals surface area contributed by atoms with E-state index in [1.807, 2.05) is 6.07 Å². The van der Waals surface area contributed by atoms with Crippen molar-refractivity contribution in [2.24, 2.45) is 5.73 Å². The fraction of sp³-hybridized carbons (Fsp3) is 0.133. The van der Waals surface area contributed by atoms with Gasteiger partial charge in [0.2, 0.25) is 0 Å². The Morgan fingerprint density at radius 1 is 1.14 bits per heavy atom. The van der Waals surface area contributed by atoms with E-state index in [1.165, 1.54) is 18.2 Å². The molecule has 7 heteroatoms. The molecule has 0 aliphatic heterocycles. The number of nitrogens with zero attached hydrogens (tertiary/aromatic N) is 1. The number of benzene rings is 2. The zero-order chi connectivity index (χ0) is 16.3. The number of alkyl halides is 3. The van der Waals surface area contributed by atoms with E-state index in [0.29, 0.717) is 11.1 Å². The molecule has 2 aromatic rings. The van der Waals surface area contributed by atoms with Gasteiger partial charge in [0.15, 0.2) is 0 Å². The summed E-state index contributed by atoms with van der Waals surface area (Å²) in [5.41, 5.74) is 6.84. The highest BCUT2D eigenvalue weighted by Gasteiger charge is 2.31. The molecule has 0 aromatic heterocycles. The van der Waals surface area contributed by atoms with E-state index in [2.05, 4.69) is 4.74 Å². The van der Waals surface area contributed by atoms with Gasteiger partial charge >= 0.3 is 6.36 Å². The van der Waals surface area contributed by atoms with Crippen LogP contribution in [0.15, 0.2) is 42.5 Å². The van der Waals surface area contributed by atoms with Gasteiger partial charge in [-0.1, -0.05) is 24.3 Å². The molecule has 22 heavy (non-hydrogen) atoms. The maximum absolute atomic E-state index is 12.1. The highest BCUT2D eigenvalue weighted by molar-refractivity contribution is 5.51. The van der Waals surface area contributed by atoms with Gasteiger partial charge in [-0.25, -0.2) is 0 Å². The Labute approximate surface area is 124 Å². The summed E-state index contributed by atoms with van der Waals surface area (Å²) in [6.07, 6.45) is -4.76. The van der Waals surface area contributed by atoms with Crippen molar-refractivity contribution in [3.63, 3.8) is 0 Å². The lowest BCUT2D eigenvalue weighted by atomic mass is 9.97. The third-order valence-electron chi connectivity index (χ3n) is 3.00. The molecule has 0 saturated carbocycles. The van der Waals surface area contributed by atoms with Gasteiger partial charge in [0, 0.05) is 5.56 Å². The summed E-state index contributed by atoms with van der Waals surface area (Å²) < 4.78 is 40.0. The first-order valence-electron chi connectivity index (χ1n) is 6.15. The molecule has 2 aromatic carbocycles. The third-order valence-corrected chi connectivity index (χ3v) is 3.00. The van der Waals surface area contributed by atoms with Gasteiger partial charge in [0.1, 0.15) is 17.6 Å². The minimum atomic E-state index is -4.76. The molecule has 0 radical (unpaired) electrons. The lowest BCUT2D eigenvalue weighted by molar-refractivity contribution is -0.274. The van der Waals surface area contributed by atoms with Gasteiger partial charge in [0.05, 0.1) is 11.6 Å². The van der Waals surface area contributed by atoms with Crippen LogP contribution in [-0.4, -0.2) is 11.5 Å². The molecule has 114 valence electrons. The molecule has 0 bridgehead atoms. The predicted octanol–water partition coefficient (Wildman–Crippen LogP) is 3.21. The Morgan fingerprint density at radius 3 is 2.32 bits per heavy atom. The molecular formula is C15H11F3N2O2. The predicted molar refractivity (Wildman–Crippen MR) is 72.0 cm³/mol. The number of nitrogens with two attached hydrogens (primary N) is 1. The number of hydrogen-bond acceptors (Lipinski definition) is 4. The van der Waals surface area contributed by atoms with Crippen molar-refractivity contribution in [3.05, 3.63) is 59.2 Å². The van der Waals surface area contributed by atoms with E-state index in [4.69, 9.17) is 11.0 Å². The second-order valence-corrected chi connectivity index (χ2v) is 4.45. The first-order valence-corrected chi connectivity index (χ1v) is 6.15. The maximum atomic E-state index is 12.1. The molecule has 0 amide bonds. The van der Waals surface area contributed by atoms with E-state index in [1.54, 1.807) is 12.1 Å². The average molecular weight is 308 g/mol. The third kappa shape index (κ3) is 3.48. The van der Waals surface area contributed by atoms with Crippen molar-refractivity contribution >= 4 is 0 Å². The first-order chi connectivity index (χ1) is 10.3. The van der Waals surface area contributed by atoms with E-state index in [-0.39, 0.29) is 17.1 Å². The van der Waals surface area contributed by atoms with Gasteiger partial charge in [0.25, 0.3) is 0 Å². The van der Waals surface area contributed by atoms with Crippen LogP contribution >= 0.6 is 0 Å². The van der Waals surface area contributed by atoms with Gasteiger partial charge in [-0.2, -0.15) is 5.26 Å². The number of halogens is 3. The number of para-hydroxylation sites is 1. The second kappa shape index (κ2) is 5.95. The minimum Gasteiger partial charge on any atom is -0.506 e. The van der Waals surface area contributed by atoms with Gasteiger partial charge in [-0.3, -0.25) is 0 Å². The summed E-state index contributed by atoms with van der Waals surface area (Å²) >= 11 is 0. The van der Waals surface area contributed by atoms with Crippen molar-refractivity contribution in [1.82, 2.24) is 0 Å². The number of hydrogen-bond donors (Lipinski definition) is 2. The molecule has 2 rings (SSSR count). The van der Waals surface area contributed by atoms with Gasteiger partial charge in [-0.05, 0) is 23.8 Å². The zero-order valence-corrected chi connectivity index (χ0v) is 11.1. The number of nitriles is 1. The van der Waals surface area contributed by atoms with Crippen molar-refractivity contribution < 1.29 is 23.0 Å². The van der Waals surface area contributed by atoms with Crippen LogP contribution < -0.4 is 10.5 Å². The fourth-order valence-electron chi connectivity index (χ4n) is 1.96. The summed E-state index contributed by atoms with van der Waals surface area (Å²) in [4.78, 5) is 0. The maximum Gasteiger partial charge on any atom is 0.573 e. The number of ether oxygens (including phenoxy) is 1. The van der Waals surface area contributed by atoms with E-state index in [0.717, 1.165) is 12.1 Å². The number of rotatable bonds is 3. The lowest BCUT2D eigenvalue weighted by Gasteiger charge is -2.15. The summed E-state index contributed by atoms with van der Waals surface area (Å²) in [5, 5.41) is 18.8. The van der Waals surface area contributed by atoms with Gasteiger partial charge < -0.3 is 15.6 Å². The molecular weight excluding hydrogens is 297 g/mol. The van der Waals surface area contributed by atoms with E-state index in [9.17, 15) is 18.3 Å². The Morgan fingerprint density at radius 2 is 1.77 bits per heavy atom. The molecule has 0 heterocycles. The number of phenolic OH excluding ortho intramolecular Hbond substituents is 1. The number of phenols is 1. The smallest absolute Gasteiger partial charge is 0.506 e. The monoisotopic (exact) mass is 308 g/mol. The summed E-state index contributed by atoms with van der Waals surface area (Å²) in [5.74, 6) is -0.605. The summed E-state index contributed by atoms with van der Waals surface area (Å²) in [6, 6.07) is 10.6. The molecule has 0 aliphatic carbocycles. The standard InChI is InChI=1S/C15H11F3N2O2/c16-15(17,18)22-11-6-4-9(5-7-11)13(20)12-3-1-2-10(8-19)14(12)21/h1-7,13,21H,20H2/t13-/m0/s1. The van der Waals surface area contributed by atoms with Crippen LogP contribution in [0, 0.1) is 11.3 Å². The lowest BCUT2D eigenvalue weighted by Crippen LogP contribution is -2.17. The van der Waals surface area contributed by atoms with Crippen LogP contribution in [0.1, 0.15) is 22.7 Å². The molecule has 0 unspecified atom stereocenters. The average Bonchev–Trinajstić information content (AvgIpc) is 2.46. The molecule has 1 atom stereocenters. The quantitative estimate of drug-likeness (QED) is 0.912. The number of aromatic hydroxyl groups is 1. The van der Waals surface area contributed by atoms with E-state index < -0.39 is 12.4 Å². The van der Waals surface area contributed by atoms with Gasteiger partial charge in [-0.15, -0.1) is 13.2 Å². The second-order valence-electron chi connectivity index (χ2n) is 4.45. The Hall–Kier alpha value is -2.72. The fourth-order valence-corrected chi connectivity index (χ4v) is 1.96. The van der Waals surface area contributed by atoms with Crippen LogP contribution in [0.4, 0.5) is 13.2 Å². The SMILES string of the molecule is N#Cc1cccc([C@@H](N)c2ccc(OC(F)(F)F)cc2)c1O. The normalized spacial score (nSPS) is 12.5. The zero-order valence-electron chi connectivity index (χ0n) is 11.1. The first kappa shape index (κ1) is 15.7. The largest absolute Gasteiger partial charge is 0.573 e. The molecule has 0 saturated heterocycles. The highest BCUT2D eigenvalue weighted by Crippen LogP contribution is 2.31. The summed E-state index contributed by atoms with van der Waals surface area (Å²) in [7, 11) is 0. The topological polar surface area (TPSA) is 79.3 Å². The van der Waals surface area contributed by atoms with Crippen molar-refractivity contribution in [1.29, 1.82) is 5.26 Å². The van der Waals surface area contributed by atoms with Crippen molar-refractivity contribution in [2.75, 3.05) is 0 Å². The molecule has 0 aliphatic rings. The Kier molecular flexibility index (Phi) is 4.24. The van der Waals surface area contributed by atoms with Crippen LogP contribution in [0.25, 0.3) is 0 Å². The van der Waals surface area contributed by atoms with Crippen LogP contribution in [0.5, 0.6) is 11.5 Å². The molecule has 0 fully saturated rings. The van der Waals surface area contributed by atoms with Crippen LogP contribution in [-0.2, 0) is 0 Å². The highest BCUT2D eigenvalue weighted by atomic mass is 19.4. The van der Waals surface area contributed by atoms with Crippen LogP contribution in [0.2, 0.25) is 0 Å². The van der Waals surface area contributed by atoms with E-state index >= 15 is 0 Å². The van der Waals surface area contributed by atoms with Crippen molar-refractivity contribution in [3.8, 4) is 17.6 Å². The van der Waals surface area contributed by atoms with Crippen LogP contribution in [0.3, 0.4) is 0 Å². The molecule has 4 nitrogen and oxygen atoms in total. The Bertz CT molecular complexity index is 706. The van der Waals surface area contributed by atoms with Crippen molar-refractivity contribution in [2.45, 2.75) is 12.4 Å².